The Balaban J connectivity index is 1.72. The van der Waals surface area contributed by atoms with E-state index in [2.05, 4.69) is 10.3 Å². The second-order valence-corrected chi connectivity index (χ2v) is 5.15. The Morgan fingerprint density at radius 3 is 3.05 bits per heavy atom. The first kappa shape index (κ1) is 12.2. The number of carbonyl (C=O) groups is 1. The van der Waals surface area contributed by atoms with Crippen LogP contribution in [-0.2, 0) is 4.74 Å². The molecule has 0 bridgehead atoms. The number of benzene rings is 1. The third-order valence-corrected chi connectivity index (χ3v) is 3.59. The summed E-state index contributed by atoms with van der Waals surface area (Å²) in [4.78, 5) is 15.4. The summed E-state index contributed by atoms with van der Waals surface area (Å²) in [6.45, 7) is 2.76. The van der Waals surface area contributed by atoms with Crippen molar-refractivity contribution in [3.8, 4) is 0 Å². The zero-order valence-corrected chi connectivity index (χ0v) is 11.0. The van der Waals surface area contributed by atoms with Crippen LogP contribution in [0.4, 0.5) is 0 Å². The molecule has 0 spiro atoms. The molecule has 1 aromatic heterocycles. The minimum atomic E-state index is -0.0321. The number of ether oxygens (including phenoxy) is 1. The lowest BCUT2D eigenvalue weighted by molar-refractivity contribution is 0.0136. The number of amides is 1. The van der Waals surface area contributed by atoms with Crippen molar-refractivity contribution in [2.24, 2.45) is 0 Å². The molecule has 2 atom stereocenters. The highest BCUT2D eigenvalue weighted by atomic mass is 16.5. The number of aromatic nitrogens is 1. The standard InChI is InChI=1S/C15H18N2O2/c1-10-8-12(6-7-19-10)16-15(18)14-9-11-4-2-3-5-13(11)17-14/h2-5,9-10,12,17H,6-8H2,1H3,(H,16,18). The number of carbonyl (C=O) groups excluding carboxylic acids is 1. The summed E-state index contributed by atoms with van der Waals surface area (Å²) >= 11 is 0. The lowest BCUT2D eigenvalue weighted by atomic mass is 10.0. The molecule has 2 unspecified atom stereocenters. The zero-order chi connectivity index (χ0) is 13.2. The molecule has 0 saturated carbocycles. The molecule has 19 heavy (non-hydrogen) atoms. The zero-order valence-electron chi connectivity index (χ0n) is 11.0. The van der Waals surface area contributed by atoms with Crippen molar-refractivity contribution in [1.29, 1.82) is 0 Å². The molecule has 4 nitrogen and oxygen atoms in total. The number of hydrogen-bond acceptors (Lipinski definition) is 2. The Morgan fingerprint density at radius 2 is 2.26 bits per heavy atom. The maximum atomic E-state index is 12.2. The number of hydrogen-bond donors (Lipinski definition) is 2. The fourth-order valence-corrected chi connectivity index (χ4v) is 2.59. The maximum absolute atomic E-state index is 12.2. The lowest BCUT2D eigenvalue weighted by Crippen LogP contribution is -2.41. The SMILES string of the molecule is CC1CC(NC(=O)c2cc3ccccc3[nH]2)CCO1. The molecule has 0 aliphatic carbocycles. The van der Waals surface area contributed by atoms with E-state index in [0.29, 0.717) is 5.69 Å². The summed E-state index contributed by atoms with van der Waals surface area (Å²) in [5, 5.41) is 4.14. The molecule has 1 aliphatic heterocycles. The second kappa shape index (κ2) is 5.05. The average Bonchev–Trinajstić information content (AvgIpc) is 2.82. The minimum absolute atomic E-state index is 0.0321. The van der Waals surface area contributed by atoms with Crippen LogP contribution in [0.25, 0.3) is 10.9 Å². The van der Waals surface area contributed by atoms with Gasteiger partial charge < -0.3 is 15.0 Å². The van der Waals surface area contributed by atoms with Crippen LogP contribution in [-0.4, -0.2) is 29.6 Å². The fraction of sp³-hybridized carbons (Fsp3) is 0.400. The van der Waals surface area contributed by atoms with Crippen molar-refractivity contribution in [1.82, 2.24) is 10.3 Å². The topological polar surface area (TPSA) is 54.1 Å². The summed E-state index contributed by atoms with van der Waals surface area (Å²) in [5.74, 6) is -0.0321. The van der Waals surface area contributed by atoms with Gasteiger partial charge in [-0.1, -0.05) is 18.2 Å². The van der Waals surface area contributed by atoms with Crippen LogP contribution in [0.15, 0.2) is 30.3 Å². The smallest absolute Gasteiger partial charge is 0.267 e. The molecule has 100 valence electrons. The summed E-state index contributed by atoms with van der Waals surface area (Å²) in [6, 6.07) is 10.0. The normalized spacial score (nSPS) is 23.4. The maximum Gasteiger partial charge on any atom is 0.267 e. The first-order valence-corrected chi connectivity index (χ1v) is 6.72. The largest absolute Gasteiger partial charge is 0.378 e. The number of para-hydroxylation sites is 1. The van der Waals surface area contributed by atoms with Crippen LogP contribution in [0.2, 0.25) is 0 Å². The van der Waals surface area contributed by atoms with Gasteiger partial charge in [0.1, 0.15) is 5.69 Å². The van der Waals surface area contributed by atoms with Gasteiger partial charge in [0.25, 0.3) is 5.91 Å². The van der Waals surface area contributed by atoms with E-state index in [1.807, 2.05) is 37.3 Å². The Labute approximate surface area is 112 Å². The second-order valence-electron chi connectivity index (χ2n) is 5.15. The third kappa shape index (κ3) is 2.63. The van der Waals surface area contributed by atoms with Gasteiger partial charge in [-0.15, -0.1) is 0 Å². The van der Waals surface area contributed by atoms with E-state index in [0.717, 1.165) is 30.4 Å². The van der Waals surface area contributed by atoms with Crippen LogP contribution < -0.4 is 5.32 Å². The first-order chi connectivity index (χ1) is 9.22. The number of rotatable bonds is 2. The molecule has 1 fully saturated rings. The average molecular weight is 258 g/mol. The third-order valence-electron chi connectivity index (χ3n) is 3.59. The van der Waals surface area contributed by atoms with Gasteiger partial charge >= 0.3 is 0 Å². The highest BCUT2D eigenvalue weighted by molar-refractivity contribution is 5.98. The van der Waals surface area contributed by atoms with Crippen molar-refractivity contribution < 1.29 is 9.53 Å². The van der Waals surface area contributed by atoms with Crippen LogP contribution in [0.5, 0.6) is 0 Å². The Bertz CT molecular complexity index is 558. The van der Waals surface area contributed by atoms with Gasteiger partial charge in [-0.3, -0.25) is 4.79 Å². The molecule has 4 heteroatoms. The van der Waals surface area contributed by atoms with Crippen molar-refractivity contribution in [2.75, 3.05) is 6.61 Å². The summed E-state index contributed by atoms with van der Waals surface area (Å²) in [7, 11) is 0. The van der Waals surface area contributed by atoms with Gasteiger partial charge in [0.15, 0.2) is 0 Å². The van der Waals surface area contributed by atoms with E-state index in [4.69, 9.17) is 4.74 Å². The first-order valence-electron chi connectivity index (χ1n) is 6.72. The molecule has 0 radical (unpaired) electrons. The van der Waals surface area contributed by atoms with Crippen LogP contribution >= 0.6 is 0 Å². The molecule has 1 aromatic carbocycles. The fourth-order valence-electron chi connectivity index (χ4n) is 2.59. The van der Waals surface area contributed by atoms with Crippen molar-refractivity contribution in [2.45, 2.75) is 31.9 Å². The van der Waals surface area contributed by atoms with Gasteiger partial charge in [0.05, 0.1) is 6.10 Å². The number of H-pyrrole nitrogens is 1. The summed E-state index contributed by atoms with van der Waals surface area (Å²) in [6.07, 6.45) is 1.99. The molecular weight excluding hydrogens is 240 g/mol. The number of aromatic amines is 1. The van der Waals surface area contributed by atoms with Gasteiger partial charge in [-0.2, -0.15) is 0 Å². The predicted octanol–water partition coefficient (Wildman–Crippen LogP) is 2.47. The van der Waals surface area contributed by atoms with Gasteiger partial charge in [0.2, 0.25) is 0 Å². The molecular formula is C15H18N2O2. The molecule has 1 amide bonds. The lowest BCUT2D eigenvalue weighted by Gasteiger charge is -2.27. The van der Waals surface area contributed by atoms with E-state index in [1.54, 1.807) is 0 Å². The Morgan fingerprint density at radius 1 is 1.42 bits per heavy atom. The van der Waals surface area contributed by atoms with Crippen LogP contribution in [0.3, 0.4) is 0 Å². The minimum Gasteiger partial charge on any atom is -0.378 e. The van der Waals surface area contributed by atoms with Gasteiger partial charge in [0, 0.05) is 23.6 Å². The molecule has 1 saturated heterocycles. The summed E-state index contributed by atoms with van der Waals surface area (Å²) < 4.78 is 5.48. The quantitative estimate of drug-likeness (QED) is 0.869. The Hall–Kier alpha value is -1.81. The van der Waals surface area contributed by atoms with Crippen molar-refractivity contribution >= 4 is 16.8 Å². The van der Waals surface area contributed by atoms with Gasteiger partial charge in [-0.25, -0.2) is 0 Å². The monoisotopic (exact) mass is 258 g/mol. The highest BCUT2D eigenvalue weighted by Gasteiger charge is 2.21. The van der Waals surface area contributed by atoms with Crippen LogP contribution in [0.1, 0.15) is 30.3 Å². The molecule has 3 rings (SSSR count). The van der Waals surface area contributed by atoms with E-state index in [-0.39, 0.29) is 18.1 Å². The van der Waals surface area contributed by atoms with E-state index in [9.17, 15) is 4.79 Å². The van der Waals surface area contributed by atoms with Gasteiger partial charge in [-0.05, 0) is 31.9 Å². The molecule has 1 aliphatic rings. The highest BCUT2D eigenvalue weighted by Crippen LogP contribution is 2.16. The summed E-state index contributed by atoms with van der Waals surface area (Å²) in [5.41, 5.74) is 1.62. The van der Waals surface area contributed by atoms with E-state index < -0.39 is 0 Å². The molecule has 2 heterocycles. The van der Waals surface area contributed by atoms with E-state index in [1.165, 1.54) is 0 Å². The molecule has 2 aromatic rings. The number of fused-ring (bicyclic) bond motifs is 1. The number of nitrogens with one attached hydrogen (secondary N) is 2. The van der Waals surface area contributed by atoms with Crippen molar-refractivity contribution in [3.63, 3.8) is 0 Å². The predicted molar refractivity (Wildman–Crippen MR) is 74.2 cm³/mol. The van der Waals surface area contributed by atoms with Crippen molar-refractivity contribution in [3.05, 3.63) is 36.0 Å². The van der Waals surface area contributed by atoms with E-state index >= 15 is 0 Å². The molecule has 2 N–H and O–H groups in total. The Kier molecular flexibility index (Phi) is 3.25. The van der Waals surface area contributed by atoms with Crippen LogP contribution in [0, 0.1) is 0 Å².